The molecule has 0 aromatic heterocycles. The summed E-state index contributed by atoms with van der Waals surface area (Å²) in [4.78, 5) is 2.47. The molecule has 0 spiro atoms. The lowest BCUT2D eigenvalue weighted by Gasteiger charge is -2.57. The lowest BCUT2D eigenvalue weighted by Crippen LogP contribution is -2.49. The number of fused-ring (bicyclic) bond motifs is 1. The van der Waals surface area contributed by atoms with Crippen molar-refractivity contribution < 1.29 is 0 Å². The number of allylic oxidation sites excluding steroid dienone is 1. The minimum Gasteiger partial charge on any atom is -0.298 e. The normalized spacial score (nSPS) is 27.1. The summed E-state index contributed by atoms with van der Waals surface area (Å²) in [7, 11) is 2.25. The maximum Gasteiger partial charge on any atom is 0.0244 e. The van der Waals surface area contributed by atoms with Crippen LogP contribution in [0.5, 0.6) is 0 Å². The van der Waals surface area contributed by atoms with Gasteiger partial charge in [-0.15, -0.1) is 0 Å². The van der Waals surface area contributed by atoms with Crippen LogP contribution in [-0.2, 0) is 6.54 Å². The Bertz CT molecular complexity index is 532. The first-order chi connectivity index (χ1) is 9.48. The van der Waals surface area contributed by atoms with Crippen LogP contribution in [0, 0.1) is 20.8 Å². The van der Waals surface area contributed by atoms with Crippen molar-refractivity contribution in [2.75, 3.05) is 13.6 Å². The van der Waals surface area contributed by atoms with E-state index < -0.39 is 0 Å². The Morgan fingerprint density at radius 3 is 2.65 bits per heavy atom. The number of hydrogen-bond donors (Lipinski definition) is 0. The number of hydrogen-bond acceptors (Lipinski definition) is 1. The Kier molecular flexibility index (Phi) is 3.97. The summed E-state index contributed by atoms with van der Waals surface area (Å²) in [6.07, 6.45) is 5.25. The third-order valence-corrected chi connectivity index (χ3v) is 6.49. The molecule has 0 amide bonds. The zero-order valence-corrected chi connectivity index (χ0v) is 14.9. The van der Waals surface area contributed by atoms with E-state index in [9.17, 15) is 0 Å². The number of halogens is 1. The van der Waals surface area contributed by atoms with Crippen molar-refractivity contribution in [2.45, 2.75) is 33.2 Å². The van der Waals surface area contributed by atoms with Gasteiger partial charge in [0.05, 0.1) is 0 Å². The summed E-state index contributed by atoms with van der Waals surface area (Å²) >= 11 is 2.44. The highest BCUT2D eigenvalue weighted by Crippen LogP contribution is 2.59. The van der Waals surface area contributed by atoms with Gasteiger partial charge >= 0.3 is 0 Å². The van der Waals surface area contributed by atoms with E-state index in [4.69, 9.17) is 0 Å². The molecular weight excluding hydrogens is 357 g/mol. The molecule has 0 saturated heterocycles. The van der Waals surface area contributed by atoms with Gasteiger partial charge in [-0.3, -0.25) is 4.90 Å². The standard InChI is InChI=1S/C18H24IN/c1-18(2)15-9-8-13(16(18)10-15)11-20(3)12-14-6-4-5-7-17(14)19/h4-8,15-16H,9-12H2,1-3H3/t15-,16-/m0/s1. The van der Waals surface area contributed by atoms with Gasteiger partial charge in [0.2, 0.25) is 0 Å². The number of likely N-dealkylation sites (N-methyl/N-ethyl adjacent to an activating group) is 1. The summed E-state index contributed by atoms with van der Waals surface area (Å²) < 4.78 is 1.37. The molecule has 0 heterocycles. The predicted octanol–water partition coefficient (Wildman–Crippen LogP) is 4.72. The van der Waals surface area contributed by atoms with Gasteiger partial charge in [0.25, 0.3) is 0 Å². The van der Waals surface area contributed by atoms with Gasteiger partial charge in [0.15, 0.2) is 0 Å². The van der Waals surface area contributed by atoms with E-state index in [0.717, 1.165) is 24.9 Å². The summed E-state index contributed by atoms with van der Waals surface area (Å²) in [6.45, 7) is 7.09. The molecule has 2 bridgehead atoms. The lowest BCUT2D eigenvalue weighted by molar-refractivity contribution is -0.0101. The Hall–Kier alpha value is -0.350. The molecule has 0 radical (unpaired) electrons. The Morgan fingerprint density at radius 1 is 1.25 bits per heavy atom. The zero-order valence-electron chi connectivity index (χ0n) is 12.7. The fourth-order valence-corrected chi connectivity index (χ4v) is 4.50. The summed E-state index contributed by atoms with van der Waals surface area (Å²) in [5, 5.41) is 0. The largest absolute Gasteiger partial charge is 0.298 e. The van der Waals surface area contributed by atoms with E-state index in [2.05, 4.69) is 78.7 Å². The van der Waals surface area contributed by atoms with Crippen LogP contribution in [0.4, 0.5) is 0 Å². The van der Waals surface area contributed by atoms with Gasteiger partial charge in [-0.2, -0.15) is 0 Å². The molecule has 2 atom stereocenters. The fourth-order valence-electron chi connectivity index (χ4n) is 3.94. The van der Waals surface area contributed by atoms with Crippen molar-refractivity contribution in [3.05, 3.63) is 45.0 Å². The van der Waals surface area contributed by atoms with Crippen LogP contribution < -0.4 is 0 Å². The van der Waals surface area contributed by atoms with Gasteiger partial charge in [-0.1, -0.05) is 43.7 Å². The van der Waals surface area contributed by atoms with Crippen molar-refractivity contribution in [1.29, 1.82) is 0 Å². The maximum atomic E-state index is 2.52. The minimum atomic E-state index is 0.548. The van der Waals surface area contributed by atoms with E-state index in [0.29, 0.717) is 5.41 Å². The van der Waals surface area contributed by atoms with Crippen LogP contribution in [0.2, 0.25) is 0 Å². The third kappa shape index (κ3) is 2.57. The van der Waals surface area contributed by atoms with Crippen molar-refractivity contribution in [1.82, 2.24) is 4.90 Å². The topological polar surface area (TPSA) is 3.24 Å². The molecule has 1 aromatic carbocycles. The summed E-state index contributed by atoms with van der Waals surface area (Å²) in [5.74, 6) is 1.77. The molecule has 108 valence electrons. The first kappa shape index (κ1) is 14.6. The molecule has 3 aliphatic carbocycles. The molecule has 2 heteroatoms. The van der Waals surface area contributed by atoms with Crippen LogP contribution in [-0.4, -0.2) is 18.5 Å². The molecule has 4 rings (SSSR count). The van der Waals surface area contributed by atoms with Crippen LogP contribution in [0.3, 0.4) is 0 Å². The van der Waals surface area contributed by atoms with Gasteiger partial charge in [0.1, 0.15) is 0 Å². The number of benzene rings is 1. The van der Waals surface area contributed by atoms with Crippen molar-refractivity contribution in [3.8, 4) is 0 Å². The molecule has 1 aromatic rings. The van der Waals surface area contributed by atoms with Gasteiger partial charge in [-0.25, -0.2) is 0 Å². The molecule has 20 heavy (non-hydrogen) atoms. The van der Waals surface area contributed by atoms with E-state index in [1.165, 1.54) is 22.0 Å². The van der Waals surface area contributed by atoms with E-state index >= 15 is 0 Å². The zero-order chi connectivity index (χ0) is 14.3. The average Bonchev–Trinajstić information content (AvgIpc) is 2.41. The van der Waals surface area contributed by atoms with Crippen LogP contribution in [0.1, 0.15) is 32.3 Å². The van der Waals surface area contributed by atoms with Gasteiger partial charge in [-0.05, 0) is 71.4 Å². The van der Waals surface area contributed by atoms with Crippen molar-refractivity contribution in [2.24, 2.45) is 17.3 Å². The quantitative estimate of drug-likeness (QED) is 0.539. The highest BCUT2D eigenvalue weighted by Gasteiger charge is 2.50. The van der Waals surface area contributed by atoms with E-state index in [1.54, 1.807) is 5.57 Å². The van der Waals surface area contributed by atoms with Crippen LogP contribution in [0.25, 0.3) is 0 Å². The monoisotopic (exact) mass is 381 g/mol. The van der Waals surface area contributed by atoms with Gasteiger partial charge < -0.3 is 0 Å². The molecule has 1 saturated carbocycles. The second-order valence-electron chi connectivity index (χ2n) is 7.09. The van der Waals surface area contributed by atoms with Crippen LogP contribution in [0.15, 0.2) is 35.9 Å². The molecular formula is C18H24IN. The Morgan fingerprint density at radius 2 is 2.00 bits per heavy atom. The molecule has 3 aliphatic rings. The molecule has 1 fully saturated rings. The Labute approximate surface area is 136 Å². The minimum absolute atomic E-state index is 0.548. The Balaban J connectivity index is 1.64. The second-order valence-corrected chi connectivity index (χ2v) is 8.25. The first-order valence-corrected chi connectivity index (χ1v) is 8.67. The molecule has 0 N–H and O–H groups in total. The average molecular weight is 381 g/mol. The fraction of sp³-hybridized carbons (Fsp3) is 0.556. The highest BCUT2D eigenvalue weighted by atomic mass is 127. The number of rotatable bonds is 4. The van der Waals surface area contributed by atoms with Crippen LogP contribution >= 0.6 is 22.6 Å². The van der Waals surface area contributed by atoms with Crippen molar-refractivity contribution >= 4 is 22.6 Å². The highest BCUT2D eigenvalue weighted by molar-refractivity contribution is 14.1. The summed E-state index contributed by atoms with van der Waals surface area (Å²) in [6, 6.07) is 8.71. The SMILES string of the molecule is CN(CC1=CC[C@H]2C[C@@H]1C2(C)C)Cc1ccccc1I. The summed E-state index contributed by atoms with van der Waals surface area (Å²) in [5.41, 5.74) is 3.68. The third-order valence-electron chi connectivity index (χ3n) is 5.43. The molecule has 0 unspecified atom stereocenters. The second kappa shape index (κ2) is 5.45. The lowest BCUT2D eigenvalue weighted by atomic mass is 9.49. The first-order valence-electron chi connectivity index (χ1n) is 7.59. The predicted molar refractivity (Wildman–Crippen MR) is 93.6 cm³/mol. The van der Waals surface area contributed by atoms with Gasteiger partial charge in [0, 0.05) is 16.7 Å². The van der Waals surface area contributed by atoms with E-state index in [1.807, 2.05) is 0 Å². The smallest absolute Gasteiger partial charge is 0.0244 e. The molecule has 1 nitrogen and oxygen atoms in total. The van der Waals surface area contributed by atoms with E-state index in [-0.39, 0.29) is 0 Å². The number of nitrogens with zero attached hydrogens (tertiary/aromatic N) is 1. The van der Waals surface area contributed by atoms with Crippen molar-refractivity contribution in [3.63, 3.8) is 0 Å². The maximum absolute atomic E-state index is 2.52. The molecule has 0 aliphatic heterocycles.